The highest BCUT2D eigenvalue weighted by Gasteiger charge is 2.26. The Kier molecular flexibility index (Phi) is 5.95. The third-order valence-electron chi connectivity index (χ3n) is 5.15. The van der Waals surface area contributed by atoms with Gasteiger partial charge >= 0.3 is 0 Å². The minimum atomic E-state index is -1.35. The molecule has 31 heavy (non-hydrogen) atoms. The molecule has 6 nitrogen and oxygen atoms in total. The fourth-order valence-electron chi connectivity index (χ4n) is 3.44. The van der Waals surface area contributed by atoms with E-state index < -0.39 is 10.8 Å². The van der Waals surface area contributed by atoms with Gasteiger partial charge in [-0.2, -0.15) is 0 Å². The molecule has 0 fully saturated rings. The first kappa shape index (κ1) is 20.9. The summed E-state index contributed by atoms with van der Waals surface area (Å²) in [6.07, 6.45) is 0. The van der Waals surface area contributed by atoms with Gasteiger partial charge in [0.2, 0.25) is 5.90 Å². The van der Waals surface area contributed by atoms with Crippen molar-refractivity contribution in [2.45, 2.75) is 22.8 Å². The number of aryl methyl sites for hydroxylation is 1. The smallest absolute Gasteiger partial charge is 0.218 e. The maximum absolute atomic E-state index is 13.2. The van der Waals surface area contributed by atoms with Gasteiger partial charge < -0.3 is 19.9 Å². The fourth-order valence-corrected chi connectivity index (χ4v) is 4.63. The molecule has 1 aliphatic rings. The lowest BCUT2D eigenvalue weighted by atomic mass is 10.1. The predicted octanol–water partition coefficient (Wildman–Crippen LogP) is 4.28. The first-order chi connectivity index (χ1) is 15.0. The fraction of sp³-hybridized carbons (Fsp3) is 0.208. The second-order valence-electron chi connectivity index (χ2n) is 7.18. The number of methoxy groups -OCH3 is 2. The monoisotopic (exact) mass is 436 g/mol. The van der Waals surface area contributed by atoms with Gasteiger partial charge in [-0.05, 0) is 48.9 Å². The van der Waals surface area contributed by atoms with Crippen molar-refractivity contribution in [2.75, 3.05) is 26.6 Å². The summed E-state index contributed by atoms with van der Waals surface area (Å²) >= 11 is 0. The lowest BCUT2D eigenvalue weighted by molar-refractivity contribution is 0.318. The molecule has 0 spiro atoms. The Morgan fingerprint density at radius 1 is 1.03 bits per heavy atom. The third kappa shape index (κ3) is 4.14. The molecule has 0 radical (unpaired) electrons. The second-order valence-corrected chi connectivity index (χ2v) is 8.63. The summed E-state index contributed by atoms with van der Waals surface area (Å²) in [5.41, 5.74) is 9.21. The summed E-state index contributed by atoms with van der Waals surface area (Å²) in [6.45, 7) is 2.36. The predicted molar refractivity (Wildman–Crippen MR) is 121 cm³/mol. The van der Waals surface area contributed by atoms with Crippen LogP contribution in [-0.2, 0) is 15.5 Å². The summed E-state index contributed by atoms with van der Waals surface area (Å²) in [5.74, 6) is 1.52. The number of aliphatic imine (C=N–C) groups is 1. The lowest BCUT2D eigenvalue weighted by Crippen LogP contribution is -2.07. The Morgan fingerprint density at radius 2 is 1.68 bits per heavy atom. The largest absolute Gasteiger partial charge is 0.494 e. The standard InChI is InChI=1S/C24H24N2O4S/c1-15-8-10-17(11-9-15)31(27)22-7-5-4-6-18(22)24-26-19(14-30-24)16-12-20(28-2)23(25)21(13-16)29-3/h4-13,19H,14,25H2,1-3H3/t19-,31+/m1/s1. The Hall–Kier alpha value is -3.32. The van der Waals surface area contributed by atoms with E-state index in [1.165, 1.54) is 0 Å². The van der Waals surface area contributed by atoms with E-state index in [1.54, 1.807) is 14.2 Å². The van der Waals surface area contributed by atoms with Gasteiger partial charge in [0.15, 0.2) is 0 Å². The van der Waals surface area contributed by atoms with E-state index in [4.69, 9.17) is 24.9 Å². The van der Waals surface area contributed by atoms with Crippen molar-refractivity contribution in [2.24, 2.45) is 4.99 Å². The Labute approximate surface area is 184 Å². The Morgan fingerprint density at radius 3 is 2.32 bits per heavy atom. The van der Waals surface area contributed by atoms with Gasteiger partial charge in [-0.25, -0.2) is 9.20 Å². The minimum absolute atomic E-state index is 0.251. The van der Waals surface area contributed by atoms with Crippen LogP contribution in [0.3, 0.4) is 0 Å². The van der Waals surface area contributed by atoms with E-state index in [9.17, 15) is 4.21 Å². The molecule has 160 valence electrons. The number of hydrogen-bond acceptors (Lipinski definition) is 6. The molecule has 1 heterocycles. The molecule has 0 saturated heterocycles. The van der Waals surface area contributed by atoms with E-state index in [-0.39, 0.29) is 6.04 Å². The molecule has 0 bridgehead atoms. The van der Waals surface area contributed by atoms with E-state index in [1.807, 2.05) is 67.6 Å². The van der Waals surface area contributed by atoms with Gasteiger partial charge in [0.25, 0.3) is 0 Å². The van der Waals surface area contributed by atoms with Crippen molar-refractivity contribution in [1.82, 2.24) is 0 Å². The van der Waals surface area contributed by atoms with E-state index in [0.29, 0.717) is 34.6 Å². The van der Waals surface area contributed by atoms with Gasteiger partial charge in [-0.15, -0.1) is 0 Å². The first-order valence-electron chi connectivity index (χ1n) is 9.81. The highest BCUT2D eigenvalue weighted by atomic mass is 32.2. The zero-order valence-corrected chi connectivity index (χ0v) is 18.4. The van der Waals surface area contributed by atoms with Crippen LogP contribution in [0.1, 0.15) is 22.7 Å². The average molecular weight is 437 g/mol. The molecule has 3 aromatic rings. The van der Waals surface area contributed by atoms with Crippen LogP contribution in [0.25, 0.3) is 0 Å². The highest BCUT2D eigenvalue weighted by molar-refractivity contribution is 7.85. The number of anilines is 1. The van der Waals surface area contributed by atoms with Crippen LogP contribution < -0.4 is 15.2 Å². The lowest BCUT2D eigenvalue weighted by Gasteiger charge is -2.13. The van der Waals surface area contributed by atoms with Crippen LogP contribution in [0.5, 0.6) is 11.5 Å². The number of nitrogen functional groups attached to an aromatic ring is 1. The van der Waals surface area contributed by atoms with Crippen molar-refractivity contribution in [1.29, 1.82) is 0 Å². The van der Waals surface area contributed by atoms with Crippen LogP contribution in [0, 0.1) is 6.92 Å². The number of nitrogens with two attached hydrogens (primary N) is 1. The molecule has 4 rings (SSSR count). The van der Waals surface area contributed by atoms with Crippen molar-refractivity contribution in [3.05, 3.63) is 77.4 Å². The summed E-state index contributed by atoms with van der Waals surface area (Å²) in [4.78, 5) is 6.17. The molecule has 0 aliphatic carbocycles. The van der Waals surface area contributed by atoms with Crippen molar-refractivity contribution >= 4 is 22.4 Å². The molecular weight excluding hydrogens is 412 g/mol. The normalized spacial score (nSPS) is 16.4. The van der Waals surface area contributed by atoms with Gasteiger partial charge in [0, 0.05) is 4.90 Å². The average Bonchev–Trinajstić information content (AvgIpc) is 3.29. The van der Waals surface area contributed by atoms with Crippen molar-refractivity contribution in [3.63, 3.8) is 0 Å². The van der Waals surface area contributed by atoms with Crippen molar-refractivity contribution in [3.8, 4) is 11.5 Å². The van der Waals surface area contributed by atoms with Gasteiger partial charge in [-0.1, -0.05) is 29.8 Å². The zero-order chi connectivity index (χ0) is 22.0. The van der Waals surface area contributed by atoms with Gasteiger partial charge in [0.1, 0.15) is 29.8 Å². The molecule has 2 N–H and O–H groups in total. The maximum Gasteiger partial charge on any atom is 0.218 e. The summed E-state index contributed by atoms with van der Waals surface area (Å²) in [6, 6.07) is 18.6. The Bertz CT molecular complexity index is 1130. The van der Waals surface area contributed by atoms with E-state index in [2.05, 4.69) is 0 Å². The maximum atomic E-state index is 13.2. The molecule has 7 heteroatoms. The molecule has 1 aliphatic heterocycles. The zero-order valence-electron chi connectivity index (χ0n) is 17.6. The van der Waals surface area contributed by atoms with Crippen LogP contribution in [0.2, 0.25) is 0 Å². The van der Waals surface area contributed by atoms with Crippen LogP contribution in [-0.4, -0.2) is 30.9 Å². The number of hydrogen-bond donors (Lipinski definition) is 1. The molecular formula is C24H24N2O4S. The first-order valence-corrected chi connectivity index (χ1v) is 11.0. The van der Waals surface area contributed by atoms with Gasteiger partial charge in [0.05, 0.1) is 35.5 Å². The van der Waals surface area contributed by atoms with Crippen molar-refractivity contribution < 1.29 is 18.4 Å². The molecule has 0 saturated carbocycles. The summed E-state index contributed by atoms with van der Waals surface area (Å²) in [5, 5.41) is 0. The summed E-state index contributed by atoms with van der Waals surface area (Å²) in [7, 11) is 1.77. The van der Waals surface area contributed by atoms with E-state index >= 15 is 0 Å². The second kappa shape index (κ2) is 8.81. The quantitative estimate of drug-likeness (QED) is 0.583. The topological polar surface area (TPSA) is 83.1 Å². The molecule has 3 aromatic carbocycles. The molecule has 0 unspecified atom stereocenters. The molecule has 0 aromatic heterocycles. The molecule has 2 atom stereocenters. The number of nitrogens with zero attached hydrogens (tertiary/aromatic N) is 1. The highest BCUT2D eigenvalue weighted by Crippen LogP contribution is 2.37. The molecule has 0 amide bonds. The van der Waals surface area contributed by atoms with Crippen LogP contribution in [0.4, 0.5) is 5.69 Å². The van der Waals surface area contributed by atoms with Crippen LogP contribution >= 0.6 is 0 Å². The third-order valence-corrected chi connectivity index (χ3v) is 6.61. The van der Waals surface area contributed by atoms with Crippen LogP contribution in [0.15, 0.2) is 75.4 Å². The SMILES string of the molecule is COc1cc([C@H]2COC(c3ccccc3[S@@](=O)c3ccc(C)cc3)=N2)cc(OC)c1N. The summed E-state index contributed by atoms with van der Waals surface area (Å²) < 4.78 is 29.9. The van der Waals surface area contributed by atoms with E-state index in [0.717, 1.165) is 21.6 Å². The minimum Gasteiger partial charge on any atom is -0.494 e. The number of rotatable bonds is 6. The number of benzene rings is 3. The Balaban J connectivity index is 1.69. The van der Waals surface area contributed by atoms with Gasteiger partial charge in [-0.3, -0.25) is 0 Å². The number of ether oxygens (including phenoxy) is 3.